The molecule has 0 aromatic heterocycles. The van der Waals surface area contributed by atoms with Gasteiger partial charge in [0, 0.05) is 17.0 Å². The van der Waals surface area contributed by atoms with Crippen molar-refractivity contribution in [2.24, 2.45) is 5.92 Å². The Morgan fingerprint density at radius 1 is 1.41 bits per heavy atom. The number of hydrogen-bond acceptors (Lipinski definition) is 3. The van der Waals surface area contributed by atoms with Crippen molar-refractivity contribution in [1.29, 1.82) is 0 Å². The highest BCUT2D eigenvalue weighted by molar-refractivity contribution is 7.98. The van der Waals surface area contributed by atoms with Crippen LogP contribution in [0, 0.1) is 5.92 Å². The Hall–Kier alpha value is -0.670. The van der Waals surface area contributed by atoms with E-state index in [9.17, 15) is 0 Å². The van der Waals surface area contributed by atoms with Crippen molar-refractivity contribution in [3.05, 3.63) is 23.8 Å². The van der Waals surface area contributed by atoms with Gasteiger partial charge in [-0.25, -0.2) is 0 Å². The number of thioether (sulfide) groups is 1. The summed E-state index contributed by atoms with van der Waals surface area (Å²) in [5, 5.41) is 3.37. The van der Waals surface area contributed by atoms with Crippen molar-refractivity contribution in [1.82, 2.24) is 5.32 Å². The minimum absolute atomic E-state index is 0.808. The van der Waals surface area contributed by atoms with E-state index in [1.54, 1.807) is 11.8 Å². The molecule has 3 heteroatoms. The topological polar surface area (TPSA) is 21.3 Å². The molecule has 1 fully saturated rings. The predicted octanol–water partition coefficient (Wildman–Crippen LogP) is 3.31. The van der Waals surface area contributed by atoms with Gasteiger partial charge in [0.25, 0.3) is 0 Å². The number of hydrogen-bond donors (Lipinski definition) is 1. The van der Waals surface area contributed by atoms with Crippen molar-refractivity contribution in [2.45, 2.75) is 31.2 Å². The summed E-state index contributed by atoms with van der Waals surface area (Å²) in [6, 6.07) is 6.48. The van der Waals surface area contributed by atoms with Crippen LogP contribution in [0.1, 0.15) is 25.3 Å². The summed E-state index contributed by atoms with van der Waals surface area (Å²) in [7, 11) is 0. The van der Waals surface area contributed by atoms with Crippen molar-refractivity contribution in [3.63, 3.8) is 0 Å². The van der Waals surface area contributed by atoms with Crippen molar-refractivity contribution < 1.29 is 4.74 Å². The third-order valence-corrected chi connectivity index (χ3v) is 3.73. The van der Waals surface area contributed by atoms with E-state index in [4.69, 9.17) is 4.74 Å². The van der Waals surface area contributed by atoms with Crippen LogP contribution in [-0.2, 0) is 6.54 Å². The van der Waals surface area contributed by atoms with Crippen LogP contribution in [0.3, 0.4) is 0 Å². The molecule has 1 N–H and O–H groups in total. The molecule has 0 unspecified atom stereocenters. The number of nitrogens with one attached hydrogen (secondary N) is 1. The van der Waals surface area contributed by atoms with E-state index in [1.807, 2.05) is 0 Å². The summed E-state index contributed by atoms with van der Waals surface area (Å²) in [6.45, 7) is 4.90. The standard InChI is InChI=1S/C14H21NOS/c1-3-15-9-12-8-13(17-2)6-7-14(12)16-10-11-4-5-11/h6-8,11,15H,3-5,9-10H2,1-2H3. The van der Waals surface area contributed by atoms with Crippen LogP contribution >= 0.6 is 11.8 Å². The molecule has 0 spiro atoms. The van der Waals surface area contributed by atoms with E-state index in [0.29, 0.717) is 0 Å². The molecule has 17 heavy (non-hydrogen) atoms. The lowest BCUT2D eigenvalue weighted by Crippen LogP contribution is -2.13. The van der Waals surface area contributed by atoms with Gasteiger partial charge in [-0.2, -0.15) is 0 Å². The molecular weight excluding hydrogens is 230 g/mol. The molecule has 94 valence electrons. The third kappa shape index (κ3) is 3.93. The molecule has 0 radical (unpaired) electrons. The van der Waals surface area contributed by atoms with Crippen LogP contribution in [0.25, 0.3) is 0 Å². The molecule has 1 aromatic rings. The fourth-order valence-corrected chi connectivity index (χ4v) is 2.18. The summed E-state index contributed by atoms with van der Waals surface area (Å²) in [5.41, 5.74) is 1.28. The smallest absolute Gasteiger partial charge is 0.123 e. The maximum atomic E-state index is 5.91. The molecule has 0 saturated heterocycles. The Kier molecular flexibility index (Phi) is 4.75. The monoisotopic (exact) mass is 251 g/mol. The first-order chi connectivity index (χ1) is 8.33. The molecule has 1 aliphatic rings. The van der Waals surface area contributed by atoms with E-state index in [-0.39, 0.29) is 0 Å². The van der Waals surface area contributed by atoms with Crippen LogP contribution in [0.2, 0.25) is 0 Å². The average molecular weight is 251 g/mol. The second-order valence-corrected chi connectivity index (χ2v) is 5.39. The van der Waals surface area contributed by atoms with Gasteiger partial charge in [-0.3, -0.25) is 0 Å². The molecule has 0 amide bonds. The molecule has 1 aliphatic carbocycles. The first-order valence-corrected chi connectivity index (χ1v) is 7.56. The second kappa shape index (κ2) is 6.31. The van der Waals surface area contributed by atoms with Crippen molar-refractivity contribution in [3.8, 4) is 5.75 Å². The van der Waals surface area contributed by atoms with Crippen molar-refractivity contribution >= 4 is 11.8 Å². The quantitative estimate of drug-likeness (QED) is 0.751. The Bertz CT molecular complexity index is 363. The molecule has 0 bridgehead atoms. The molecule has 0 heterocycles. The summed E-state index contributed by atoms with van der Waals surface area (Å²) in [4.78, 5) is 1.30. The zero-order valence-corrected chi connectivity index (χ0v) is 11.5. The Morgan fingerprint density at radius 2 is 2.24 bits per heavy atom. The van der Waals surface area contributed by atoms with Gasteiger partial charge in [0.2, 0.25) is 0 Å². The van der Waals surface area contributed by atoms with E-state index in [1.165, 1.54) is 23.3 Å². The summed E-state index contributed by atoms with van der Waals surface area (Å²) in [5.74, 6) is 1.86. The SMILES string of the molecule is CCNCc1cc(SC)ccc1OCC1CC1. The number of ether oxygens (including phenoxy) is 1. The van der Waals surface area contributed by atoms with Crippen LogP contribution in [0.4, 0.5) is 0 Å². The van der Waals surface area contributed by atoms with Crippen LogP contribution < -0.4 is 10.1 Å². The lowest BCUT2D eigenvalue weighted by molar-refractivity contribution is 0.296. The average Bonchev–Trinajstić information content (AvgIpc) is 3.18. The summed E-state index contributed by atoms with van der Waals surface area (Å²) < 4.78 is 5.91. The molecular formula is C14H21NOS. The fourth-order valence-electron chi connectivity index (χ4n) is 1.71. The predicted molar refractivity (Wildman–Crippen MR) is 73.8 cm³/mol. The zero-order valence-electron chi connectivity index (χ0n) is 10.7. The normalized spacial score (nSPS) is 14.9. The molecule has 2 nitrogen and oxygen atoms in total. The minimum Gasteiger partial charge on any atom is -0.493 e. The number of rotatable bonds is 7. The fraction of sp³-hybridized carbons (Fsp3) is 0.571. The maximum Gasteiger partial charge on any atom is 0.123 e. The summed E-state index contributed by atoms with van der Waals surface area (Å²) >= 11 is 1.78. The molecule has 2 rings (SSSR count). The van der Waals surface area contributed by atoms with Crippen LogP contribution in [-0.4, -0.2) is 19.4 Å². The van der Waals surface area contributed by atoms with Gasteiger partial charge in [-0.1, -0.05) is 6.92 Å². The third-order valence-electron chi connectivity index (χ3n) is 3.00. The molecule has 1 aromatic carbocycles. The highest BCUT2D eigenvalue weighted by Gasteiger charge is 2.22. The lowest BCUT2D eigenvalue weighted by Gasteiger charge is -2.12. The molecule has 1 saturated carbocycles. The zero-order chi connectivity index (χ0) is 12.1. The Labute approximate surface area is 108 Å². The van der Waals surface area contributed by atoms with Gasteiger partial charge >= 0.3 is 0 Å². The summed E-state index contributed by atoms with van der Waals surface area (Å²) in [6.07, 6.45) is 4.79. The Morgan fingerprint density at radius 3 is 2.88 bits per heavy atom. The van der Waals surface area contributed by atoms with E-state index in [0.717, 1.165) is 31.4 Å². The first-order valence-electron chi connectivity index (χ1n) is 6.34. The molecule has 0 atom stereocenters. The largest absolute Gasteiger partial charge is 0.493 e. The highest BCUT2D eigenvalue weighted by Crippen LogP contribution is 2.31. The molecule has 0 aliphatic heterocycles. The van der Waals surface area contributed by atoms with Gasteiger partial charge in [0.1, 0.15) is 5.75 Å². The van der Waals surface area contributed by atoms with Gasteiger partial charge in [-0.15, -0.1) is 11.8 Å². The van der Waals surface area contributed by atoms with Gasteiger partial charge in [-0.05, 0) is 49.8 Å². The Balaban J connectivity index is 2.03. The van der Waals surface area contributed by atoms with Crippen LogP contribution in [0.15, 0.2) is 23.1 Å². The second-order valence-electron chi connectivity index (χ2n) is 4.51. The van der Waals surface area contributed by atoms with E-state index >= 15 is 0 Å². The van der Waals surface area contributed by atoms with Gasteiger partial charge < -0.3 is 10.1 Å². The first kappa shape index (κ1) is 12.8. The van der Waals surface area contributed by atoms with Crippen LogP contribution in [0.5, 0.6) is 5.75 Å². The lowest BCUT2D eigenvalue weighted by atomic mass is 10.2. The van der Waals surface area contributed by atoms with Gasteiger partial charge in [0.05, 0.1) is 6.61 Å². The van der Waals surface area contributed by atoms with E-state index in [2.05, 4.69) is 36.7 Å². The highest BCUT2D eigenvalue weighted by atomic mass is 32.2. The van der Waals surface area contributed by atoms with Crippen molar-refractivity contribution in [2.75, 3.05) is 19.4 Å². The number of benzene rings is 1. The maximum absolute atomic E-state index is 5.91. The van der Waals surface area contributed by atoms with Gasteiger partial charge in [0.15, 0.2) is 0 Å². The minimum atomic E-state index is 0.808. The van der Waals surface area contributed by atoms with E-state index < -0.39 is 0 Å².